The highest BCUT2D eigenvalue weighted by atomic mass is 16.5. The Balaban J connectivity index is 1.36. The van der Waals surface area contributed by atoms with E-state index < -0.39 is 5.97 Å². The maximum Gasteiger partial charge on any atom is 0.308 e. The van der Waals surface area contributed by atoms with Gasteiger partial charge in [0.05, 0.1) is 0 Å². The van der Waals surface area contributed by atoms with Crippen LogP contribution in [0.1, 0.15) is 33.2 Å². The fraction of sp³-hybridized carbons (Fsp3) is 0.0690. The van der Waals surface area contributed by atoms with Gasteiger partial charge in [0.1, 0.15) is 5.75 Å². The molecule has 6 heteroatoms. The van der Waals surface area contributed by atoms with Crippen molar-refractivity contribution in [3.05, 3.63) is 120 Å². The zero-order chi connectivity index (χ0) is 24.6. The molecule has 0 heterocycles. The number of nitrogens with one attached hydrogen (secondary N) is 2. The number of hydrogen-bond acceptors (Lipinski definition) is 4. The van der Waals surface area contributed by atoms with Crippen LogP contribution in [0.4, 0.5) is 5.69 Å². The normalized spacial score (nSPS) is 10.3. The minimum atomic E-state index is -0.450. The lowest BCUT2D eigenvalue weighted by molar-refractivity contribution is -0.131. The van der Waals surface area contributed by atoms with Gasteiger partial charge in [-0.15, -0.1) is 0 Å². The molecule has 2 N–H and O–H groups in total. The summed E-state index contributed by atoms with van der Waals surface area (Å²) in [7, 11) is 0. The van der Waals surface area contributed by atoms with Crippen LogP contribution in [0.5, 0.6) is 5.75 Å². The highest BCUT2D eigenvalue weighted by molar-refractivity contribution is 6.04. The summed E-state index contributed by atoms with van der Waals surface area (Å²) >= 11 is 0. The topological polar surface area (TPSA) is 84.5 Å². The molecule has 4 aromatic carbocycles. The van der Waals surface area contributed by atoms with E-state index in [0.29, 0.717) is 22.6 Å². The van der Waals surface area contributed by atoms with E-state index in [-0.39, 0.29) is 18.4 Å². The molecular formula is C29H24N2O4. The lowest BCUT2D eigenvalue weighted by atomic mass is 10.0. The summed E-state index contributed by atoms with van der Waals surface area (Å²) in [5.74, 6) is -0.653. The summed E-state index contributed by atoms with van der Waals surface area (Å²) in [6, 6.07) is 31.1. The predicted molar refractivity (Wildman–Crippen MR) is 135 cm³/mol. The summed E-state index contributed by atoms with van der Waals surface area (Å²) in [5.41, 5.74) is 4.52. The van der Waals surface area contributed by atoms with Crippen LogP contribution in [0.2, 0.25) is 0 Å². The van der Waals surface area contributed by atoms with Crippen molar-refractivity contribution < 1.29 is 19.1 Å². The molecular weight excluding hydrogens is 440 g/mol. The smallest absolute Gasteiger partial charge is 0.308 e. The molecule has 4 aromatic rings. The molecule has 0 aliphatic rings. The standard InChI is InChI=1S/C29H24N2O4/c1-20(32)35-27-12-6-10-25(18-27)28(33)30-19-21-7-5-11-26(17-21)31-29(34)24-15-13-23(14-16-24)22-8-3-2-4-9-22/h2-18H,19H2,1H3,(H,30,33)(H,31,34). The molecule has 0 aliphatic heterocycles. The van der Waals surface area contributed by atoms with Gasteiger partial charge in [-0.2, -0.15) is 0 Å². The van der Waals surface area contributed by atoms with Gasteiger partial charge in [0.2, 0.25) is 0 Å². The van der Waals surface area contributed by atoms with Crippen LogP contribution < -0.4 is 15.4 Å². The Morgan fingerprint density at radius 3 is 2.14 bits per heavy atom. The van der Waals surface area contributed by atoms with E-state index in [9.17, 15) is 14.4 Å². The largest absolute Gasteiger partial charge is 0.427 e. The predicted octanol–water partition coefficient (Wildman–Crippen LogP) is 5.46. The second-order valence-electron chi connectivity index (χ2n) is 7.90. The number of carbonyl (C=O) groups is 3. The van der Waals surface area contributed by atoms with Crippen molar-refractivity contribution in [1.29, 1.82) is 0 Å². The fourth-order valence-corrected chi connectivity index (χ4v) is 3.56. The summed E-state index contributed by atoms with van der Waals surface area (Å²) in [4.78, 5) is 36.4. The Hall–Kier alpha value is -4.71. The van der Waals surface area contributed by atoms with Gasteiger partial charge in [-0.05, 0) is 59.2 Å². The van der Waals surface area contributed by atoms with Crippen molar-refractivity contribution in [3.8, 4) is 16.9 Å². The first-order valence-electron chi connectivity index (χ1n) is 11.1. The highest BCUT2D eigenvalue weighted by Crippen LogP contribution is 2.20. The Labute approximate surface area is 203 Å². The first-order chi connectivity index (χ1) is 17.0. The summed E-state index contributed by atoms with van der Waals surface area (Å²) < 4.78 is 5.03. The molecule has 0 saturated heterocycles. The van der Waals surface area contributed by atoms with Gasteiger partial charge in [-0.1, -0.05) is 60.7 Å². The molecule has 0 aromatic heterocycles. The van der Waals surface area contributed by atoms with Crippen LogP contribution in [-0.2, 0) is 11.3 Å². The number of ether oxygens (including phenoxy) is 1. The Bertz CT molecular complexity index is 1350. The first-order valence-corrected chi connectivity index (χ1v) is 11.1. The minimum absolute atomic E-state index is 0.215. The molecule has 6 nitrogen and oxygen atoms in total. The van der Waals surface area contributed by atoms with Crippen molar-refractivity contribution in [2.75, 3.05) is 5.32 Å². The molecule has 0 unspecified atom stereocenters. The molecule has 0 radical (unpaired) electrons. The van der Waals surface area contributed by atoms with Crippen molar-refractivity contribution in [3.63, 3.8) is 0 Å². The van der Waals surface area contributed by atoms with Gasteiger partial charge in [0.25, 0.3) is 11.8 Å². The fourth-order valence-electron chi connectivity index (χ4n) is 3.56. The van der Waals surface area contributed by atoms with Crippen LogP contribution in [0.15, 0.2) is 103 Å². The molecule has 0 bridgehead atoms. The van der Waals surface area contributed by atoms with E-state index in [1.807, 2.05) is 60.7 Å². The number of rotatable bonds is 7. The van der Waals surface area contributed by atoms with Gasteiger partial charge in [-0.25, -0.2) is 0 Å². The van der Waals surface area contributed by atoms with Crippen molar-refractivity contribution >= 4 is 23.5 Å². The first kappa shape index (κ1) is 23.4. The number of amides is 2. The average Bonchev–Trinajstić information content (AvgIpc) is 2.88. The van der Waals surface area contributed by atoms with Gasteiger partial charge in [0, 0.05) is 30.3 Å². The Morgan fingerprint density at radius 1 is 0.686 bits per heavy atom. The van der Waals surface area contributed by atoms with E-state index in [4.69, 9.17) is 4.74 Å². The second-order valence-corrected chi connectivity index (χ2v) is 7.90. The van der Waals surface area contributed by atoms with E-state index in [0.717, 1.165) is 16.7 Å². The molecule has 4 rings (SSSR count). The molecule has 174 valence electrons. The van der Waals surface area contributed by atoms with Gasteiger partial charge >= 0.3 is 5.97 Å². The maximum absolute atomic E-state index is 12.7. The number of anilines is 1. The molecule has 0 saturated carbocycles. The van der Waals surface area contributed by atoms with Crippen molar-refractivity contribution in [2.24, 2.45) is 0 Å². The monoisotopic (exact) mass is 464 g/mol. The van der Waals surface area contributed by atoms with Crippen molar-refractivity contribution in [2.45, 2.75) is 13.5 Å². The lowest BCUT2D eigenvalue weighted by Gasteiger charge is -2.10. The van der Waals surface area contributed by atoms with Crippen LogP contribution in [0.3, 0.4) is 0 Å². The second kappa shape index (κ2) is 10.9. The highest BCUT2D eigenvalue weighted by Gasteiger charge is 2.10. The third kappa shape index (κ3) is 6.42. The zero-order valence-electron chi connectivity index (χ0n) is 19.2. The minimum Gasteiger partial charge on any atom is -0.427 e. The van der Waals surface area contributed by atoms with Gasteiger partial charge in [0.15, 0.2) is 0 Å². The van der Waals surface area contributed by atoms with Crippen molar-refractivity contribution in [1.82, 2.24) is 5.32 Å². The number of benzene rings is 4. The SMILES string of the molecule is CC(=O)Oc1cccc(C(=O)NCc2cccc(NC(=O)c3ccc(-c4ccccc4)cc3)c2)c1. The molecule has 0 aliphatic carbocycles. The maximum atomic E-state index is 12.7. The van der Waals surface area contributed by atoms with Gasteiger partial charge < -0.3 is 15.4 Å². The molecule has 0 spiro atoms. The third-order valence-corrected chi connectivity index (χ3v) is 5.25. The summed E-state index contributed by atoms with van der Waals surface area (Å²) in [5, 5.41) is 5.74. The average molecular weight is 465 g/mol. The quantitative estimate of drug-likeness (QED) is 0.281. The number of hydrogen-bond donors (Lipinski definition) is 2. The molecule has 0 fully saturated rings. The van der Waals surface area contributed by atoms with Crippen LogP contribution in [-0.4, -0.2) is 17.8 Å². The zero-order valence-corrected chi connectivity index (χ0v) is 19.2. The molecule has 0 atom stereocenters. The molecule has 2 amide bonds. The van der Waals surface area contributed by atoms with Crippen LogP contribution in [0.25, 0.3) is 11.1 Å². The lowest BCUT2D eigenvalue weighted by Crippen LogP contribution is -2.23. The van der Waals surface area contributed by atoms with E-state index >= 15 is 0 Å². The number of esters is 1. The summed E-state index contributed by atoms with van der Waals surface area (Å²) in [6.45, 7) is 1.57. The van der Waals surface area contributed by atoms with E-state index in [1.165, 1.54) is 13.0 Å². The Morgan fingerprint density at radius 2 is 1.40 bits per heavy atom. The Kier molecular flexibility index (Phi) is 7.33. The van der Waals surface area contributed by atoms with Crippen LogP contribution in [0, 0.1) is 0 Å². The van der Waals surface area contributed by atoms with Gasteiger partial charge in [-0.3, -0.25) is 14.4 Å². The summed E-state index contributed by atoms with van der Waals surface area (Å²) in [6.07, 6.45) is 0. The van der Waals surface area contributed by atoms with Crippen LogP contribution >= 0.6 is 0 Å². The molecule has 35 heavy (non-hydrogen) atoms. The third-order valence-electron chi connectivity index (χ3n) is 5.25. The number of carbonyl (C=O) groups excluding carboxylic acids is 3. The van der Waals surface area contributed by atoms with E-state index in [2.05, 4.69) is 10.6 Å². The van der Waals surface area contributed by atoms with E-state index in [1.54, 1.807) is 36.4 Å².